The molecule has 2 aromatic carbocycles. The molecule has 0 aliphatic carbocycles. The van der Waals surface area contributed by atoms with Crippen molar-refractivity contribution in [2.24, 2.45) is 0 Å². The molecule has 0 saturated carbocycles. The van der Waals surface area contributed by atoms with Crippen molar-refractivity contribution in [2.45, 2.75) is 0 Å². The number of rotatable bonds is 2. The Morgan fingerprint density at radius 2 is 1.76 bits per heavy atom. The Bertz CT molecular complexity index is 855. The monoisotopic (exact) mass is 340 g/mol. The molecule has 0 aliphatic rings. The number of benzene rings is 2. The Balaban J connectivity index is 2.20. The smallest absolute Gasteiger partial charge is 0.255 e. The highest BCUT2D eigenvalue weighted by molar-refractivity contribution is 7.12. The summed E-state index contributed by atoms with van der Waals surface area (Å²) in [6.07, 6.45) is 0. The lowest BCUT2D eigenvalue weighted by molar-refractivity contribution is 0.630. The number of halogens is 3. The molecule has 3 aromatic rings. The van der Waals surface area contributed by atoms with Crippen molar-refractivity contribution in [2.75, 3.05) is 0 Å². The third-order valence-corrected chi connectivity index (χ3v) is 4.27. The summed E-state index contributed by atoms with van der Waals surface area (Å²) in [4.78, 5) is 11.7. The summed E-state index contributed by atoms with van der Waals surface area (Å²) in [5.41, 5.74) is 0.561. The summed E-state index contributed by atoms with van der Waals surface area (Å²) in [5, 5.41) is 4.95. The molecule has 0 radical (unpaired) electrons. The molecule has 106 valence electrons. The third-order valence-electron chi connectivity index (χ3n) is 2.81. The van der Waals surface area contributed by atoms with Crippen molar-refractivity contribution >= 4 is 34.5 Å². The normalized spacial score (nSPS) is 10.8. The van der Waals surface area contributed by atoms with Gasteiger partial charge >= 0.3 is 4.87 Å². The van der Waals surface area contributed by atoms with Crippen molar-refractivity contribution in [3.05, 3.63) is 68.0 Å². The minimum absolute atomic E-state index is 0.118. The van der Waals surface area contributed by atoms with Gasteiger partial charge in [-0.3, -0.25) is 4.79 Å². The van der Waals surface area contributed by atoms with Crippen LogP contribution in [0.1, 0.15) is 0 Å². The maximum Gasteiger partial charge on any atom is 0.330 e. The van der Waals surface area contributed by atoms with Crippen LogP contribution in [0.5, 0.6) is 0 Å². The topological polar surface area (TPSA) is 34.9 Å². The van der Waals surface area contributed by atoms with Crippen LogP contribution in [0.3, 0.4) is 0 Å². The molecule has 1 aromatic heterocycles. The Morgan fingerprint density at radius 3 is 2.48 bits per heavy atom. The SMILES string of the molecule is O=c1sc(-c2c(F)cccc2Cl)nn1-c1ccccc1Cl. The standard InChI is InChI=1S/C14H7Cl2FN2OS/c15-8-4-1-2-7-11(8)19-14(20)21-13(18-19)12-9(16)5-3-6-10(12)17/h1-7H. The Morgan fingerprint density at radius 1 is 1.05 bits per heavy atom. The minimum Gasteiger partial charge on any atom is -0.255 e. The Labute approximate surface area is 133 Å². The molecule has 21 heavy (non-hydrogen) atoms. The molecule has 0 atom stereocenters. The first-order chi connectivity index (χ1) is 10.1. The van der Waals surface area contributed by atoms with E-state index in [2.05, 4.69) is 5.10 Å². The van der Waals surface area contributed by atoms with Crippen molar-refractivity contribution in [1.82, 2.24) is 9.78 Å². The lowest BCUT2D eigenvalue weighted by atomic mass is 10.2. The summed E-state index contributed by atoms with van der Waals surface area (Å²) >= 11 is 12.9. The van der Waals surface area contributed by atoms with E-state index in [0.717, 1.165) is 16.0 Å². The van der Waals surface area contributed by atoms with Gasteiger partial charge in [-0.1, -0.05) is 52.7 Å². The Hall–Kier alpha value is -1.69. The summed E-state index contributed by atoms with van der Waals surface area (Å²) in [6.45, 7) is 0. The van der Waals surface area contributed by atoms with Gasteiger partial charge < -0.3 is 0 Å². The lowest BCUT2D eigenvalue weighted by Gasteiger charge is -2.03. The predicted molar refractivity (Wildman–Crippen MR) is 83.1 cm³/mol. The molecule has 7 heteroatoms. The van der Waals surface area contributed by atoms with Crippen molar-refractivity contribution in [3.8, 4) is 16.3 Å². The first kappa shape index (κ1) is 14.3. The molecule has 0 spiro atoms. The second-order valence-electron chi connectivity index (χ2n) is 4.13. The molecule has 3 nitrogen and oxygen atoms in total. The fourth-order valence-corrected chi connectivity index (χ4v) is 3.20. The highest BCUT2D eigenvalue weighted by Crippen LogP contribution is 2.31. The van der Waals surface area contributed by atoms with Gasteiger partial charge in [0.2, 0.25) is 0 Å². The average Bonchev–Trinajstić information content (AvgIpc) is 2.81. The van der Waals surface area contributed by atoms with E-state index in [0.29, 0.717) is 10.7 Å². The van der Waals surface area contributed by atoms with E-state index in [-0.39, 0.29) is 20.5 Å². The number of aromatic nitrogens is 2. The Kier molecular flexibility index (Phi) is 3.80. The van der Waals surface area contributed by atoms with E-state index >= 15 is 0 Å². The summed E-state index contributed by atoms with van der Waals surface area (Å²) in [5.74, 6) is -0.525. The van der Waals surface area contributed by atoms with E-state index in [1.165, 1.54) is 12.1 Å². The summed E-state index contributed by atoms with van der Waals surface area (Å²) in [7, 11) is 0. The predicted octanol–water partition coefficient (Wildman–Crippen LogP) is 4.41. The summed E-state index contributed by atoms with van der Waals surface area (Å²) in [6, 6.07) is 11.1. The molecule has 0 fully saturated rings. The zero-order valence-electron chi connectivity index (χ0n) is 10.4. The van der Waals surface area contributed by atoms with E-state index < -0.39 is 5.82 Å². The van der Waals surface area contributed by atoms with Gasteiger partial charge in [0.15, 0.2) is 5.01 Å². The van der Waals surface area contributed by atoms with Gasteiger partial charge in [0, 0.05) is 0 Å². The molecular weight excluding hydrogens is 334 g/mol. The van der Waals surface area contributed by atoms with Gasteiger partial charge in [-0.05, 0) is 24.3 Å². The lowest BCUT2D eigenvalue weighted by Crippen LogP contribution is -2.12. The van der Waals surface area contributed by atoms with Crippen LogP contribution in [0, 0.1) is 5.82 Å². The van der Waals surface area contributed by atoms with E-state index in [1.54, 1.807) is 30.3 Å². The second kappa shape index (κ2) is 5.60. The first-order valence-electron chi connectivity index (χ1n) is 5.87. The van der Waals surface area contributed by atoms with Gasteiger partial charge in [-0.25, -0.2) is 4.39 Å². The van der Waals surface area contributed by atoms with Gasteiger partial charge in [-0.15, -0.1) is 0 Å². The van der Waals surface area contributed by atoms with Crippen molar-refractivity contribution in [1.29, 1.82) is 0 Å². The summed E-state index contributed by atoms with van der Waals surface area (Å²) < 4.78 is 15.0. The van der Waals surface area contributed by atoms with Gasteiger partial charge in [-0.2, -0.15) is 9.78 Å². The van der Waals surface area contributed by atoms with Gasteiger partial charge in [0.05, 0.1) is 21.3 Å². The van der Waals surface area contributed by atoms with E-state index in [1.807, 2.05) is 0 Å². The molecule has 0 saturated heterocycles. The molecule has 0 bridgehead atoms. The van der Waals surface area contributed by atoms with Crippen molar-refractivity contribution in [3.63, 3.8) is 0 Å². The molecule has 3 rings (SSSR count). The first-order valence-corrected chi connectivity index (χ1v) is 7.44. The quantitative estimate of drug-likeness (QED) is 0.692. The van der Waals surface area contributed by atoms with Crippen molar-refractivity contribution < 1.29 is 4.39 Å². The van der Waals surface area contributed by atoms with Crippen LogP contribution in [0.15, 0.2) is 47.3 Å². The molecule has 1 heterocycles. The molecule has 0 unspecified atom stereocenters. The van der Waals surface area contributed by atoms with Crippen LogP contribution in [0.2, 0.25) is 10.0 Å². The van der Waals surface area contributed by atoms with Crippen LogP contribution in [0.25, 0.3) is 16.3 Å². The highest BCUT2D eigenvalue weighted by Gasteiger charge is 2.17. The van der Waals surface area contributed by atoms with Crippen LogP contribution in [-0.2, 0) is 0 Å². The maximum atomic E-state index is 13.9. The minimum atomic E-state index is -0.525. The molecule has 0 N–H and O–H groups in total. The van der Waals surface area contributed by atoms with Gasteiger partial charge in [0.1, 0.15) is 5.82 Å². The molecule has 0 amide bonds. The van der Waals surface area contributed by atoms with E-state index in [9.17, 15) is 9.18 Å². The molecule has 0 aliphatic heterocycles. The van der Waals surface area contributed by atoms with E-state index in [4.69, 9.17) is 23.2 Å². The fraction of sp³-hybridized carbons (Fsp3) is 0. The third kappa shape index (κ3) is 2.60. The van der Waals surface area contributed by atoms with Crippen LogP contribution < -0.4 is 4.87 Å². The van der Waals surface area contributed by atoms with Crippen LogP contribution in [0.4, 0.5) is 4.39 Å². The molecular formula is C14H7Cl2FN2OS. The van der Waals surface area contributed by atoms with Gasteiger partial charge in [0.25, 0.3) is 0 Å². The van der Waals surface area contributed by atoms with Crippen LogP contribution in [-0.4, -0.2) is 9.78 Å². The number of hydrogen-bond donors (Lipinski definition) is 0. The average molecular weight is 341 g/mol. The second-order valence-corrected chi connectivity index (χ2v) is 5.89. The highest BCUT2D eigenvalue weighted by atomic mass is 35.5. The fourth-order valence-electron chi connectivity index (χ4n) is 1.86. The largest absolute Gasteiger partial charge is 0.330 e. The van der Waals surface area contributed by atoms with Crippen LogP contribution >= 0.6 is 34.5 Å². The maximum absolute atomic E-state index is 13.9. The number of hydrogen-bond acceptors (Lipinski definition) is 3. The zero-order valence-corrected chi connectivity index (χ0v) is 12.7. The zero-order chi connectivity index (χ0) is 15.0. The number of nitrogens with zero attached hydrogens (tertiary/aromatic N) is 2. The number of para-hydroxylation sites is 1.